The van der Waals surface area contributed by atoms with Crippen molar-refractivity contribution in [2.45, 2.75) is 40.0 Å². The van der Waals surface area contributed by atoms with E-state index >= 15 is 0 Å². The zero-order chi connectivity index (χ0) is 14.4. The maximum Gasteiger partial charge on any atom is 0.325 e. The Morgan fingerprint density at radius 3 is 2.63 bits per heavy atom. The molecular weight excluding hydrogens is 242 g/mol. The number of methoxy groups -OCH3 is 1. The number of carbonyl (C=O) groups is 1. The number of hydrogen-bond acceptors (Lipinski definition) is 5. The fourth-order valence-electron chi connectivity index (χ4n) is 1.75. The van der Waals surface area contributed by atoms with E-state index in [9.17, 15) is 4.79 Å². The molecule has 0 bridgehead atoms. The molecule has 5 nitrogen and oxygen atoms in total. The molecule has 0 aromatic carbocycles. The van der Waals surface area contributed by atoms with Crippen molar-refractivity contribution >= 4 is 11.9 Å². The number of esters is 1. The first-order chi connectivity index (χ1) is 8.97. The SMILES string of the molecule is CCCN(CC(=O)OC)c1nc(C)cc(C(C)C)n1. The van der Waals surface area contributed by atoms with Gasteiger partial charge in [0.2, 0.25) is 5.95 Å². The molecule has 0 aliphatic carbocycles. The van der Waals surface area contributed by atoms with Gasteiger partial charge in [0.05, 0.1) is 7.11 Å². The topological polar surface area (TPSA) is 55.3 Å². The molecule has 0 radical (unpaired) electrons. The minimum Gasteiger partial charge on any atom is -0.468 e. The highest BCUT2D eigenvalue weighted by Gasteiger charge is 2.15. The number of rotatable bonds is 6. The summed E-state index contributed by atoms with van der Waals surface area (Å²) in [6.45, 7) is 9.11. The molecule has 1 aromatic rings. The fourth-order valence-corrected chi connectivity index (χ4v) is 1.75. The zero-order valence-electron chi connectivity index (χ0n) is 12.4. The van der Waals surface area contributed by atoms with Gasteiger partial charge >= 0.3 is 5.97 Å². The lowest BCUT2D eigenvalue weighted by Gasteiger charge is -2.22. The molecular formula is C14H23N3O2. The van der Waals surface area contributed by atoms with Gasteiger partial charge in [-0.25, -0.2) is 9.97 Å². The van der Waals surface area contributed by atoms with Crippen molar-refractivity contribution in [3.8, 4) is 0 Å². The van der Waals surface area contributed by atoms with Crippen LogP contribution in [0.2, 0.25) is 0 Å². The molecule has 0 fully saturated rings. The predicted molar refractivity (Wildman–Crippen MR) is 75.4 cm³/mol. The van der Waals surface area contributed by atoms with E-state index in [1.807, 2.05) is 17.9 Å². The van der Waals surface area contributed by atoms with Crippen LogP contribution in [0.4, 0.5) is 5.95 Å². The maximum absolute atomic E-state index is 11.5. The van der Waals surface area contributed by atoms with Crippen LogP contribution < -0.4 is 4.90 Å². The van der Waals surface area contributed by atoms with Crippen molar-refractivity contribution < 1.29 is 9.53 Å². The van der Waals surface area contributed by atoms with Crippen LogP contribution in [0.5, 0.6) is 0 Å². The Kier molecular flexibility index (Phi) is 5.73. The molecule has 1 rings (SSSR count). The van der Waals surface area contributed by atoms with Crippen LogP contribution in [0.1, 0.15) is 44.5 Å². The first kappa shape index (κ1) is 15.4. The second-order valence-electron chi connectivity index (χ2n) is 4.89. The summed E-state index contributed by atoms with van der Waals surface area (Å²) in [7, 11) is 1.39. The summed E-state index contributed by atoms with van der Waals surface area (Å²) in [5, 5.41) is 0. The first-order valence-electron chi connectivity index (χ1n) is 6.65. The van der Waals surface area contributed by atoms with E-state index in [1.54, 1.807) is 0 Å². The Hall–Kier alpha value is -1.65. The third-order valence-electron chi connectivity index (χ3n) is 2.78. The van der Waals surface area contributed by atoms with E-state index in [1.165, 1.54) is 7.11 Å². The quantitative estimate of drug-likeness (QED) is 0.739. The summed E-state index contributed by atoms with van der Waals surface area (Å²) in [5.41, 5.74) is 1.91. The first-order valence-corrected chi connectivity index (χ1v) is 6.65. The Balaban J connectivity index is 3.03. The molecule has 1 aromatic heterocycles. The molecule has 0 amide bonds. The molecule has 1 heterocycles. The lowest BCUT2D eigenvalue weighted by Crippen LogP contribution is -2.33. The van der Waals surface area contributed by atoms with E-state index in [-0.39, 0.29) is 12.5 Å². The maximum atomic E-state index is 11.5. The number of aromatic nitrogens is 2. The highest BCUT2D eigenvalue weighted by molar-refractivity contribution is 5.74. The van der Waals surface area contributed by atoms with Crippen molar-refractivity contribution in [2.75, 3.05) is 25.1 Å². The molecule has 0 unspecified atom stereocenters. The van der Waals surface area contributed by atoms with Crippen LogP contribution in [0.3, 0.4) is 0 Å². The van der Waals surface area contributed by atoms with Crippen molar-refractivity contribution in [3.05, 3.63) is 17.5 Å². The third-order valence-corrected chi connectivity index (χ3v) is 2.78. The van der Waals surface area contributed by atoms with E-state index in [2.05, 4.69) is 30.7 Å². The average Bonchev–Trinajstić information content (AvgIpc) is 2.37. The van der Waals surface area contributed by atoms with Crippen LogP contribution in [-0.4, -0.2) is 36.1 Å². The summed E-state index contributed by atoms with van der Waals surface area (Å²) in [4.78, 5) is 22.3. The highest BCUT2D eigenvalue weighted by Crippen LogP contribution is 2.17. The van der Waals surface area contributed by atoms with Gasteiger partial charge in [-0.2, -0.15) is 0 Å². The Labute approximate surface area is 115 Å². The molecule has 0 N–H and O–H groups in total. The van der Waals surface area contributed by atoms with Gasteiger partial charge in [-0.1, -0.05) is 20.8 Å². The lowest BCUT2D eigenvalue weighted by molar-refractivity contribution is -0.138. The molecule has 0 spiro atoms. The minimum absolute atomic E-state index is 0.186. The van der Waals surface area contributed by atoms with Gasteiger partial charge in [0.25, 0.3) is 0 Å². The highest BCUT2D eigenvalue weighted by atomic mass is 16.5. The molecule has 0 aliphatic rings. The Morgan fingerprint density at radius 1 is 1.42 bits per heavy atom. The van der Waals surface area contributed by atoms with Gasteiger partial charge in [0.15, 0.2) is 0 Å². The normalized spacial score (nSPS) is 10.6. The second kappa shape index (κ2) is 7.07. The number of hydrogen-bond donors (Lipinski definition) is 0. The molecule has 0 saturated carbocycles. The van der Waals surface area contributed by atoms with Gasteiger partial charge in [-0.15, -0.1) is 0 Å². The number of carbonyl (C=O) groups excluding carboxylic acids is 1. The van der Waals surface area contributed by atoms with Gasteiger partial charge in [-0.05, 0) is 25.3 Å². The number of anilines is 1. The summed E-state index contributed by atoms with van der Waals surface area (Å²) in [6, 6.07) is 1.98. The fraction of sp³-hybridized carbons (Fsp3) is 0.643. The minimum atomic E-state index is -0.273. The van der Waals surface area contributed by atoms with Crippen molar-refractivity contribution in [2.24, 2.45) is 0 Å². The van der Waals surface area contributed by atoms with E-state index in [0.29, 0.717) is 11.9 Å². The Bertz CT molecular complexity index is 433. The van der Waals surface area contributed by atoms with Crippen molar-refractivity contribution in [1.29, 1.82) is 0 Å². The third kappa shape index (κ3) is 4.50. The number of nitrogens with zero attached hydrogens (tertiary/aromatic N) is 3. The van der Waals surface area contributed by atoms with Crippen molar-refractivity contribution in [1.82, 2.24) is 9.97 Å². The summed E-state index contributed by atoms with van der Waals surface area (Å²) in [5.74, 6) is 0.669. The molecule has 0 saturated heterocycles. The van der Waals surface area contributed by atoms with Gasteiger partial charge in [0, 0.05) is 17.9 Å². The molecule has 0 atom stereocenters. The largest absolute Gasteiger partial charge is 0.468 e. The van der Waals surface area contributed by atoms with Crippen LogP contribution in [-0.2, 0) is 9.53 Å². The van der Waals surface area contributed by atoms with Crippen LogP contribution in [0.25, 0.3) is 0 Å². The van der Waals surface area contributed by atoms with Gasteiger partial charge < -0.3 is 9.64 Å². The van der Waals surface area contributed by atoms with Gasteiger partial charge in [0.1, 0.15) is 6.54 Å². The predicted octanol–water partition coefficient (Wildman–Crippen LogP) is 2.30. The molecule has 5 heteroatoms. The average molecular weight is 265 g/mol. The lowest BCUT2D eigenvalue weighted by atomic mass is 10.1. The Morgan fingerprint density at radius 2 is 2.11 bits per heavy atom. The standard InChI is InChI=1S/C14H23N3O2/c1-6-7-17(9-13(18)19-5)14-15-11(4)8-12(16-14)10(2)3/h8,10H,6-7,9H2,1-5H3. The molecule has 0 aliphatic heterocycles. The smallest absolute Gasteiger partial charge is 0.325 e. The van der Waals surface area contributed by atoms with E-state index in [0.717, 1.165) is 24.4 Å². The van der Waals surface area contributed by atoms with Crippen LogP contribution in [0.15, 0.2) is 6.07 Å². The van der Waals surface area contributed by atoms with Gasteiger partial charge in [-0.3, -0.25) is 4.79 Å². The zero-order valence-corrected chi connectivity index (χ0v) is 12.4. The summed E-state index contributed by atoms with van der Waals surface area (Å²) >= 11 is 0. The van der Waals surface area contributed by atoms with Crippen LogP contribution >= 0.6 is 0 Å². The second-order valence-corrected chi connectivity index (χ2v) is 4.89. The van der Waals surface area contributed by atoms with E-state index in [4.69, 9.17) is 4.74 Å². The molecule has 19 heavy (non-hydrogen) atoms. The molecule has 106 valence electrons. The van der Waals surface area contributed by atoms with E-state index < -0.39 is 0 Å². The van der Waals surface area contributed by atoms with Crippen LogP contribution in [0, 0.1) is 6.92 Å². The number of ether oxygens (including phenoxy) is 1. The summed E-state index contributed by atoms with van der Waals surface area (Å²) in [6.07, 6.45) is 0.922. The monoisotopic (exact) mass is 265 g/mol. The van der Waals surface area contributed by atoms with Crippen molar-refractivity contribution in [3.63, 3.8) is 0 Å². The number of aryl methyl sites for hydroxylation is 1. The summed E-state index contributed by atoms with van der Waals surface area (Å²) < 4.78 is 4.72.